The molecule has 31 heavy (non-hydrogen) atoms. The van der Waals surface area contributed by atoms with E-state index < -0.39 is 6.10 Å². The summed E-state index contributed by atoms with van der Waals surface area (Å²) in [6.07, 6.45) is 1.20. The van der Waals surface area contributed by atoms with Crippen LogP contribution >= 0.6 is 0 Å². The number of carbonyl (C=O) groups is 2. The van der Waals surface area contributed by atoms with E-state index in [1.807, 2.05) is 18.7 Å². The Kier molecular flexibility index (Phi) is 8.28. The quantitative estimate of drug-likeness (QED) is 0.681. The van der Waals surface area contributed by atoms with Gasteiger partial charge in [0.05, 0.1) is 12.2 Å². The fourth-order valence-electron chi connectivity index (χ4n) is 4.36. The minimum absolute atomic E-state index is 0.0595. The van der Waals surface area contributed by atoms with Crippen molar-refractivity contribution >= 4 is 17.5 Å². The number of carbonyl (C=O) groups excluding carboxylic acids is 2. The molecule has 2 N–H and O–H groups in total. The van der Waals surface area contributed by atoms with Gasteiger partial charge in [-0.2, -0.15) is 0 Å². The van der Waals surface area contributed by atoms with Crippen LogP contribution in [-0.2, 0) is 14.3 Å². The Hall–Kier alpha value is -2.16. The molecule has 2 heterocycles. The highest BCUT2D eigenvalue weighted by atomic mass is 16.5. The van der Waals surface area contributed by atoms with Crippen LogP contribution in [0.15, 0.2) is 24.3 Å². The lowest BCUT2D eigenvalue weighted by atomic mass is 9.94. The summed E-state index contributed by atoms with van der Waals surface area (Å²) in [6.45, 7) is 9.15. The second kappa shape index (κ2) is 10.9. The summed E-state index contributed by atoms with van der Waals surface area (Å²) >= 11 is 0. The summed E-state index contributed by atoms with van der Waals surface area (Å²) in [6, 6.07) is 7.06. The average Bonchev–Trinajstić information content (AvgIpc) is 2.72. The van der Waals surface area contributed by atoms with E-state index in [1.54, 1.807) is 24.3 Å². The molecule has 0 aliphatic carbocycles. The van der Waals surface area contributed by atoms with Gasteiger partial charge < -0.3 is 29.7 Å². The van der Waals surface area contributed by atoms with Crippen molar-refractivity contribution in [3.8, 4) is 5.75 Å². The fraction of sp³-hybridized carbons (Fsp3) is 0.652. The lowest BCUT2D eigenvalue weighted by Gasteiger charge is -2.39. The molecule has 3 rings (SSSR count). The maximum atomic E-state index is 12.9. The minimum Gasteiger partial charge on any atom is -0.491 e. The standard InChI is InChI=1S/C23H35N3O5/c1-16-12-26(13-17(2)31-16)23(29)19-8-10-25(11-9-19)14-21(28)15-30-22-6-4-20(5-7-22)24-18(3)27/h4-7,16-17,19,21,28H,8-15H2,1-3H3,(H,24,27). The number of amides is 2. The maximum Gasteiger partial charge on any atom is 0.225 e. The number of β-amino-alcohol motifs (C(OH)–C–C–N with tert-alkyl or cyclic N) is 1. The van der Waals surface area contributed by atoms with Gasteiger partial charge in [0.25, 0.3) is 0 Å². The highest BCUT2D eigenvalue weighted by molar-refractivity contribution is 5.88. The van der Waals surface area contributed by atoms with Gasteiger partial charge in [-0.15, -0.1) is 0 Å². The van der Waals surface area contributed by atoms with Gasteiger partial charge in [-0.25, -0.2) is 0 Å². The third kappa shape index (κ3) is 7.19. The van der Waals surface area contributed by atoms with E-state index in [4.69, 9.17) is 9.47 Å². The molecule has 0 radical (unpaired) electrons. The molecule has 2 aliphatic rings. The van der Waals surface area contributed by atoms with Crippen molar-refractivity contribution in [1.82, 2.24) is 9.80 Å². The zero-order valence-corrected chi connectivity index (χ0v) is 18.8. The average molecular weight is 434 g/mol. The molecule has 1 aromatic carbocycles. The summed E-state index contributed by atoms with van der Waals surface area (Å²) in [5.41, 5.74) is 0.707. The molecule has 2 saturated heterocycles. The van der Waals surface area contributed by atoms with Crippen molar-refractivity contribution in [2.75, 3.05) is 44.6 Å². The predicted molar refractivity (Wildman–Crippen MR) is 118 cm³/mol. The smallest absolute Gasteiger partial charge is 0.225 e. The number of nitrogens with one attached hydrogen (secondary N) is 1. The zero-order valence-electron chi connectivity index (χ0n) is 18.8. The summed E-state index contributed by atoms with van der Waals surface area (Å²) in [7, 11) is 0. The second-order valence-corrected chi connectivity index (χ2v) is 8.75. The van der Waals surface area contributed by atoms with Crippen molar-refractivity contribution < 1.29 is 24.2 Å². The first-order valence-corrected chi connectivity index (χ1v) is 11.1. The number of ether oxygens (including phenoxy) is 2. The Morgan fingerprint density at radius 1 is 1.16 bits per heavy atom. The monoisotopic (exact) mass is 433 g/mol. The number of nitrogens with zero attached hydrogens (tertiary/aromatic N) is 2. The number of aliphatic hydroxyl groups excluding tert-OH is 1. The van der Waals surface area contributed by atoms with E-state index in [-0.39, 0.29) is 36.5 Å². The molecular weight excluding hydrogens is 398 g/mol. The van der Waals surface area contributed by atoms with Gasteiger partial charge in [-0.3, -0.25) is 9.59 Å². The molecule has 8 nitrogen and oxygen atoms in total. The normalized spacial score (nSPS) is 23.9. The van der Waals surface area contributed by atoms with Gasteiger partial charge >= 0.3 is 0 Å². The molecule has 3 unspecified atom stereocenters. The van der Waals surface area contributed by atoms with E-state index >= 15 is 0 Å². The summed E-state index contributed by atoms with van der Waals surface area (Å²) in [4.78, 5) is 28.1. The number of hydrogen-bond donors (Lipinski definition) is 2. The minimum atomic E-state index is -0.608. The van der Waals surface area contributed by atoms with E-state index in [2.05, 4.69) is 10.2 Å². The van der Waals surface area contributed by atoms with Crippen LogP contribution in [0.25, 0.3) is 0 Å². The second-order valence-electron chi connectivity index (χ2n) is 8.75. The lowest BCUT2D eigenvalue weighted by Crippen LogP contribution is -2.51. The van der Waals surface area contributed by atoms with Crippen LogP contribution < -0.4 is 10.1 Å². The van der Waals surface area contributed by atoms with Crippen LogP contribution in [0.2, 0.25) is 0 Å². The molecule has 0 bridgehead atoms. The van der Waals surface area contributed by atoms with Crippen LogP contribution in [0, 0.1) is 5.92 Å². The van der Waals surface area contributed by atoms with Crippen LogP contribution in [-0.4, -0.2) is 84.4 Å². The number of benzene rings is 1. The van der Waals surface area contributed by atoms with Crippen molar-refractivity contribution in [2.24, 2.45) is 5.92 Å². The topological polar surface area (TPSA) is 91.3 Å². The molecule has 0 aromatic heterocycles. The molecule has 0 spiro atoms. The predicted octanol–water partition coefficient (Wildman–Crippen LogP) is 1.73. The third-order valence-corrected chi connectivity index (χ3v) is 5.75. The number of piperidine rings is 1. The Morgan fingerprint density at radius 3 is 2.35 bits per heavy atom. The summed E-state index contributed by atoms with van der Waals surface area (Å²) in [5, 5.41) is 13.1. The van der Waals surface area contributed by atoms with E-state index in [9.17, 15) is 14.7 Å². The molecule has 8 heteroatoms. The van der Waals surface area contributed by atoms with Crippen LogP contribution in [0.1, 0.15) is 33.6 Å². The van der Waals surface area contributed by atoms with Gasteiger partial charge in [0, 0.05) is 38.2 Å². The number of rotatable bonds is 7. The molecule has 2 aliphatic heterocycles. The van der Waals surface area contributed by atoms with Crippen molar-refractivity contribution in [3.63, 3.8) is 0 Å². The largest absolute Gasteiger partial charge is 0.491 e. The Balaban J connectivity index is 1.37. The summed E-state index contributed by atoms with van der Waals surface area (Å²) in [5.74, 6) is 0.826. The molecule has 2 fully saturated rings. The Labute approximate surface area is 184 Å². The maximum absolute atomic E-state index is 12.9. The van der Waals surface area contributed by atoms with E-state index in [0.717, 1.165) is 25.9 Å². The number of hydrogen-bond acceptors (Lipinski definition) is 6. The molecule has 1 aromatic rings. The lowest BCUT2D eigenvalue weighted by molar-refractivity contribution is -0.149. The van der Waals surface area contributed by atoms with Gasteiger partial charge in [0.1, 0.15) is 18.5 Å². The van der Waals surface area contributed by atoms with E-state index in [0.29, 0.717) is 31.1 Å². The molecule has 0 saturated carbocycles. The van der Waals surface area contributed by atoms with Gasteiger partial charge in [-0.05, 0) is 64.0 Å². The Bertz CT molecular complexity index is 723. The molecule has 172 valence electrons. The summed E-state index contributed by atoms with van der Waals surface area (Å²) < 4.78 is 11.4. The van der Waals surface area contributed by atoms with Crippen molar-refractivity contribution in [1.29, 1.82) is 0 Å². The molecule has 3 atom stereocenters. The number of morpholine rings is 1. The van der Waals surface area contributed by atoms with Crippen molar-refractivity contribution in [3.05, 3.63) is 24.3 Å². The first-order valence-electron chi connectivity index (χ1n) is 11.1. The van der Waals surface area contributed by atoms with Crippen LogP contribution in [0.5, 0.6) is 5.75 Å². The SMILES string of the molecule is CC(=O)Nc1ccc(OCC(O)CN2CCC(C(=O)N3CC(C)OC(C)C3)CC2)cc1. The Morgan fingerprint density at radius 2 is 1.77 bits per heavy atom. The number of aliphatic hydroxyl groups is 1. The zero-order chi connectivity index (χ0) is 22.4. The first-order chi connectivity index (χ1) is 14.8. The van der Waals surface area contributed by atoms with Gasteiger partial charge in [-0.1, -0.05) is 0 Å². The fourth-order valence-corrected chi connectivity index (χ4v) is 4.36. The number of anilines is 1. The highest BCUT2D eigenvalue weighted by Crippen LogP contribution is 2.22. The van der Waals surface area contributed by atoms with Gasteiger partial charge in [0.2, 0.25) is 11.8 Å². The van der Waals surface area contributed by atoms with Crippen LogP contribution in [0.4, 0.5) is 5.69 Å². The van der Waals surface area contributed by atoms with Gasteiger partial charge in [0.15, 0.2) is 0 Å². The molecule has 2 amide bonds. The van der Waals surface area contributed by atoms with E-state index in [1.165, 1.54) is 6.92 Å². The van der Waals surface area contributed by atoms with Crippen LogP contribution in [0.3, 0.4) is 0 Å². The number of likely N-dealkylation sites (tertiary alicyclic amines) is 1. The molecular formula is C23H35N3O5. The van der Waals surface area contributed by atoms with Crippen molar-refractivity contribution in [2.45, 2.75) is 51.9 Å². The highest BCUT2D eigenvalue weighted by Gasteiger charge is 2.32. The third-order valence-electron chi connectivity index (χ3n) is 5.75. The first kappa shape index (κ1) is 23.5.